The fourth-order valence-corrected chi connectivity index (χ4v) is 3.79. The number of ether oxygens (including phenoxy) is 12. The molecule has 272 valence electrons. The van der Waals surface area contributed by atoms with Gasteiger partial charge in [-0.2, -0.15) is 0 Å². The topological polar surface area (TPSA) is 111 Å². The number of halogens is 1. The molecule has 0 aromatic rings. The van der Waals surface area contributed by atoms with Crippen LogP contribution in [0.4, 0.5) is 0 Å². The first-order chi connectivity index (χ1) is 22.4. The third kappa shape index (κ3) is 44.0. The lowest BCUT2D eigenvalue weighted by molar-refractivity contribution is -0.0282. The van der Waals surface area contributed by atoms with Crippen LogP contribution in [0.1, 0.15) is 45.4 Å². The summed E-state index contributed by atoms with van der Waals surface area (Å²) in [6, 6.07) is 0. The third-order valence-electron chi connectivity index (χ3n) is 5.96. The van der Waals surface area contributed by atoms with E-state index in [4.69, 9.17) is 56.8 Å². The van der Waals surface area contributed by atoms with Crippen molar-refractivity contribution in [3.8, 4) is 0 Å². The summed E-state index contributed by atoms with van der Waals surface area (Å²) >= 11 is 3.30. The minimum atomic E-state index is 0.520. The first-order valence-electron chi connectivity index (χ1n) is 16.9. The van der Waals surface area contributed by atoms with E-state index < -0.39 is 0 Å². The second kappa shape index (κ2) is 44.0. The van der Waals surface area contributed by atoms with Crippen LogP contribution in [-0.4, -0.2) is 164 Å². The van der Waals surface area contributed by atoms with Crippen LogP contribution in [0, 0.1) is 0 Å². The van der Waals surface area contributed by atoms with Crippen molar-refractivity contribution < 1.29 is 56.8 Å². The molecule has 0 amide bonds. The van der Waals surface area contributed by atoms with E-state index in [1.807, 2.05) is 0 Å². The van der Waals surface area contributed by atoms with Gasteiger partial charge in [-0.25, -0.2) is 0 Å². The average molecular weight is 722 g/mol. The fourth-order valence-electron chi connectivity index (χ4n) is 3.56. The molecule has 0 N–H and O–H groups in total. The first kappa shape index (κ1) is 45.0. The van der Waals surface area contributed by atoms with Gasteiger partial charge in [-0.1, -0.05) is 55.0 Å². The van der Waals surface area contributed by atoms with Crippen LogP contribution in [0.3, 0.4) is 0 Å². The smallest absolute Gasteiger partial charge is 0.0701 e. The van der Waals surface area contributed by atoms with Crippen LogP contribution in [0.25, 0.3) is 0 Å². The molecule has 13 heteroatoms. The van der Waals surface area contributed by atoms with Gasteiger partial charge in [-0.05, 0) is 6.42 Å². The number of hydrogen-bond donors (Lipinski definition) is 0. The van der Waals surface area contributed by atoms with Crippen molar-refractivity contribution in [3.05, 3.63) is 0 Å². The fraction of sp³-hybridized carbons (Fsp3) is 1.00. The summed E-state index contributed by atoms with van der Waals surface area (Å²) in [5.41, 5.74) is 0. The van der Waals surface area contributed by atoms with Crippen LogP contribution >= 0.6 is 15.9 Å². The second-order valence-electron chi connectivity index (χ2n) is 9.81. The quantitative estimate of drug-likeness (QED) is 0.0673. The van der Waals surface area contributed by atoms with Gasteiger partial charge in [0.25, 0.3) is 0 Å². The van der Waals surface area contributed by atoms with Crippen LogP contribution in [0.15, 0.2) is 0 Å². The SMILES string of the molecule is CCCCCCCCOCCOCCOCCOCCOCCOCCOCCOCCOCCOCCOCCOCCBr. The summed E-state index contributed by atoms with van der Waals surface area (Å²) in [6.45, 7) is 15.8. The van der Waals surface area contributed by atoms with Crippen LogP contribution < -0.4 is 0 Å². The molecular formula is C32H65BrO12. The minimum absolute atomic E-state index is 0.520. The minimum Gasteiger partial charge on any atom is -0.379 e. The first-order valence-corrected chi connectivity index (χ1v) is 18.0. The van der Waals surface area contributed by atoms with E-state index in [2.05, 4.69) is 22.9 Å². The van der Waals surface area contributed by atoms with Gasteiger partial charge in [0.1, 0.15) is 0 Å². The Kier molecular flexibility index (Phi) is 44.0. The summed E-state index contributed by atoms with van der Waals surface area (Å²) in [7, 11) is 0. The molecule has 0 saturated heterocycles. The van der Waals surface area contributed by atoms with Crippen molar-refractivity contribution in [1.29, 1.82) is 0 Å². The van der Waals surface area contributed by atoms with E-state index >= 15 is 0 Å². The molecule has 0 aliphatic heterocycles. The highest BCUT2D eigenvalue weighted by Crippen LogP contribution is 2.04. The molecule has 0 radical (unpaired) electrons. The second-order valence-corrected chi connectivity index (χ2v) is 10.6. The van der Waals surface area contributed by atoms with Gasteiger partial charge in [0.2, 0.25) is 0 Å². The van der Waals surface area contributed by atoms with E-state index in [0.29, 0.717) is 152 Å². The third-order valence-corrected chi connectivity index (χ3v) is 6.28. The van der Waals surface area contributed by atoms with Crippen molar-refractivity contribution in [2.75, 3.05) is 164 Å². The summed E-state index contributed by atoms with van der Waals surface area (Å²) in [6.07, 6.45) is 7.69. The van der Waals surface area contributed by atoms with Crippen molar-refractivity contribution in [3.63, 3.8) is 0 Å². The molecular weight excluding hydrogens is 656 g/mol. The van der Waals surface area contributed by atoms with E-state index in [1.165, 1.54) is 32.1 Å². The molecule has 0 rings (SSSR count). The molecule has 0 aromatic carbocycles. The molecule has 0 aromatic heterocycles. The maximum absolute atomic E-state index is 5.58. The highest BCUT2D eigenvalue weighted by atomic mass is 79.9. The molecule has 0 unspecified atom stereocenters. The largest absolute Gasteiger partial charge is 0.379 e. The van der Waals surface area contributed by atoms with Gasteiger partial charge in [-0.3, -0.25) is 0 Å². The van der Waals surface area contributed by atoms with Crippen LogP contribution in [-0.2, 0) is 56.8 Å². The zero-order chi connectivity index (χ0) is 32.4. The highest BCUT2D eigenvalue weighted by molar-refractivity contribution is 9.09. The molecule has 12 nitrogen and oxygen atoms in total. The van der Waals surface area contributed by atoms with Gasteiger partial charge in [-0.15, -0.1) is 0 Å². The number of hydrogen-bond acceptors (Lipinski definition) is 12. The standard InChI is InChI=1S/C32H65BrO12/c1-2-3-4-5-6-7-9-34-11-13-36-15-17-38-19-21-40-23-25-42-27-29-44-31-32-45-30-28-43-26-24-41-22-20-39-18-16-37-14-12-35-10-8-33/h2-32H2,1H3. The maximum Gasteiger partial charge on any atom is 0.0701 e. The van der Waals surface area contributed by atoms with E-state index in [9.17, 15) is 0 Å². The Balaban J connectivity index is 3.03. The predicted molar refractivity (Wildman–Crippen MR) is 177 cm³/mol. The average Bonchev–Trinajstić information content (AvgIpc) is 3.05. The number of alkyl halides is 1. The summed E-state index contributed by atoms with van der Waals surface area (Å²) < 4.78 is 65.6. The molecule has 0 aliphatic rings. The normalized spacial score (nSPS) is 11.6. The van der Waals surface area contributed by atoms with Crippen molar-refractivity contribution >= 4 is 15.9 Å². The number of unbranched alkanes of at least 4 members (excludes halogenated alkanes) is 5. The Morgan fingerprint density at radius 2 is 0.444 bits per heavy atom. The zero-order valence-corrected chi connectivity index (χ0v) is 29.8. The molecule has 0 bridgehead atoms. The van der Waals surface area contributed by atoms with Crippen LogP contribution in [0.2, 0.25) is 0 Å². The molecule has 0 aliphatic carbocycles. The summed E-state index contributed by atoms with van der Waals surface area (Å²) in [4.78, 5) is 0. The van der Waals surface area contributed by atoms with Crippen molar-refractivity contribution in [2.45, 2.75) is 45.4 Å². The Morgan fingerprint density at radius 3 is 0.689 bits per heavy atom. The highest BCUT2D eigenvalue weighted by Gasteiger charge is 1.97. The van der Waals surface area contributed by atoms with E-state index in [0.717, 1.165) is 18.4 Å². The van der Waals surface area contributed by atoms with Crippen molar-refractivity contribution in [1.82, 2.24) is 0 Å². The van der Waals surface area contributed by atoms with Gasteiger partial charge in [0, 0.05) is 11.9 Å². The van der Waals surface area contributed by atoms with Gasteiger partial charge >= 0.3 is 0 Å². The lowest BCUT2D eigenvalue weighted by atomic mass is 10.1. The molecule has 0 heterocycles. The van der Waals surface area contributed by atoms with Gasteiger partial charge in [0.05, 0.1) is 152 Å². The molecule has 0 spiro atoms. The molecule has 45 heavy (non-hydrogen) atoms. The Labute approximate surface area is 281 Å². The monoisotopic (exact) mass is 720 g/mol. The summed E-state index contributed by atoms with van der Waals surface area (Å²) in [5, 5.41) is 0.839. The van der Waals surface area contributed by atoms with Gasteiger partial charge < -0.3 is 56.8 Å². The van der Waals surface area contributed by atoms with Crippen molar-refractivity contribution in [2.24, 2.45) is 0 Å². The van der Waals surface area contributed by atoms with Crippen LogP contribution in [0.5, 0.6) is 0 Å². The van der Waals surface area contributed by atoms with Gasteiger partial charge in [0.15, 0.2) is 0 Å². The van der Waals surface area contributed by atoms with E-state index in [-0.39, 0.29) is 0 Å². The molecule has 0 fully saturated rings. The zero-order valence-electron chi connectivity index (χ0n) is 28.2. The van der Waals surface area contributed by atoms with E-state index in [1.54, 1.807) is 0 Å². The Bertz CT molecular complexity index is 469. The molecule has 0 saturated carbocycles. The molecule has 0 atom stereocenters. The number of rotatable bonds is 42. The predicted octanol–water partition coefficient (Wildman–Crippen LogP) is 3.94. The lowest BCUT2D eigenvalue weighted by Crippen LogP contribution is -2.15. The Morgan fingerprint density at radius 1 is 0.244 bits per heavy atom. The lowest BCUT2D eigenvalue weighted by Gasteiger charge is -2.09. The Hall–Kier alpha value is 0.0000000000000000555. The maximum atomic E-state index is 5.58. The summed E-state index contributed by atoms with van der Waals surface area (Å²) in [5.74, 6) is 0.